The number of urea groups is 1. The number of aldehydes is 1. The first-order chi connectivity index (χ1) is 12.3. The first-order valence-corrected chi connectivity index (χ1v) is 8.76. The Morgan fingerprint density at radius 1 is 1.15 bits per heavy atom. The van der Waals surface area contributed by atoms with E-state index in [0.717, 1.165) is 5.56 Å². The van der Waals surface area contributed by atoms with E-state index in [0.29, 0.717) is 12.0 Å². The number of carbonyl (C=O) groups excluding carboxylic acids is 2. The fourth-order valence-corrected chi connectivity index (χ4v) is 2.88. The molecule has 1 unspecified atom stereocenters. The van der Waals surface area contributed by atoms with Crippen LogP contribution in [0.4, 0.5) is 9.18 Å². The Morgan fingerprint density at radius 3 is 2.35 bits per heavy atom. The lowest BCUT2D eigenvalue weighted by Crippen LogP contribution is -2.50. The van der Waals surface area contributed by atoms with Gasteiger partial charge in [0.2, 0.25) is 0 Å². The summed E-state index contributed by atoms with van der Waals surface area (Å²) in [4.78, 5) is 44.4. The van der Waals surface area contributed by atoms with Crippen LogP contribution < -0.4 is 10.6 Å². The number of halogens is 1. The molecule has 1 rings (SSSR count). The van der Waals surface area contributed by atoms with E-state index < -0.39 is 30.1 Å². The quantitative estimate of drug-likeness (QED) is 0.421. The van der Waals surface area contributed by atoms with Gasteiger partial charge in [0, 0.05) is 17.9 Å². The Labute approximate surface area is 153 Å². The number of carboxylic acid groups (broad SMARTS) is 2. The van der Waals surface area contributed by atoms with Crippen molar-refractivity contribution < 1.29 is 33.8 Å². The van der Waals surface area contributed by atoms with Gasteiger partial charge in [-0.3, -0.25) is 4.79 Å². The lowest BCUT2D eigenvalue weighted by atomic mass is 10.2. The normalized spacial score (nSPS) is 12.7. The van der Waals surface area contributed by atoms with Crippen LogP contribution in [0.5, 0.6) is 0 Å². The summed E-state index contributed by atoms with van der Waals surface area (Å²) in [6.07, 6.45) is -0.00947. The number of thioether (sulfide) groups is 1. The maximum atomic E-state index is 12.8. The number of carbonyl (C=O) groups is 4. The highest BCUT2D eigenvalue weighted by Crippen LogP contribution is 2.14. The van der Waals surface area contributed by atoms with Crippen molar-refractivity contribution >= 4 is 36.0 Å². The van der Waals surface area contributed by atoms with E-state index in [1.807, 2.05) is 0 Å². The van der Waals surface area contributed by atoms with Crippen molar-refractivity contribution in [3.05, 3.63) is 35.6 Å². The van der Waals surface area contributed by atoms with Crippen molar-refractivity contribution in [2.75, 3.05) is 5.75 Å². The molecule has 0 spiro atoms. The zero-order valence-corrected chi connectivity index (χ0v) is 14.5. The van der Waals surface area contributed by atoms with Crippen LogP contribution in [0.3, 0.4) is 0 Å². The van der Waals surface area contributed by atoms with Crippen molar-refractivity contribution in [1.29, 1.82) is 0 Å². The van der Waals surface area contributed by atoms with Gasteiger partial charge in [0.25, 0.3) is 0 Å². The SMILES string of the molecule is O=CC(CCC(=O)O)NC(=O)N[C@@H](CSCc1ccc(F)cc1)C(=O)O. The van der Waals surface area contributed by atoms with E-state index >= 15 is 0 Å². The first kappa shape index (κ1) is 21.4. The van der Waals surface area contributed by atoms with Crippen LogP contribution in [0.15, 0.2) is 24.3 Å². The number of rotatable bonds is 11. The fourth-order valence-electron chi connectivity index (χ4n) is 1.87. The van der Waals surface area contributed by atoms with E-state index in [9.17, 15) is 28.7 Å². The minimum Gasteiger partial charge on any atom is -0.481 e. The lowest BCUT2D eigenvalue weighted by molar-refractivity contribution is -0.139. The van der Waals surface area contributed by atoms with E-state index in [1.54, 1.807) is 12.1 Å². The number of nitrogens with one attached hydrogen (secondary N) is 2. The zero-order valence-electron chi connectivity index (χ0n) is 13.7. The summed E-state index contributed by atoms with van der Waals surface area (Å²) in [7, 11) is 0. The summed E-state index contributed by atoms with van der Waals surface area (Å²) < 4.78 is 12.8. The summed E-state index contributed by atoms with van der Waals surface area (Å²) in [5.74, 6) is -2.24. The van der Waals surface area contributed by atoms with Crippen LogP contribution in [0.1, 0.15) is 18.4 Å². The summed E-state index contributed by atoms with van der Waals surface area (Å²) in [5.41, 5.74) is 0.805. The molecule has 4 N–H and O–H groups in total. The Balaban J connectivity index is 2.46. The second kappa shape index (κ2) is 11.1. The molecule has 0 bridgehead atoms. The zero-order chi connectivity index (χ0) is 19.5. The highest BCUT2D eigenvalue weighted by molar-refractivity contribution is 7.98. The van der Waals surface area contributed by atoms with Gasteiger partial charge in [0.1, 0.15) is 18.1 Å². The number of aliphatic carboxylic acids is 2. The molecule has 0 saturated heterocycles. The van der Waals surface area contributed by atoms with Gasteiger partial charge < -0.3 is 25.6 Å². The molecule has 0 radical (unpaired) electrons. The van der Waals surface area contributed by atoms with Crippen LogP contribution in [-0.2, 0) is 20.1 Å². The molecule has 8 nitrogen and oxygen atoms in total. The molecule has 0 saturated carbocycles. The smallest absolute Gasteiger partial charge is 0.327 e. The monoisotopic (exact) mass is 386 g/mol. The van der Waals surface area contributed by atoms with Crippen LogP contribution in [0.25, 0.3) is 0 Å². The number of carboxylic acids is 2. The van der Waals surface area contributed by atoms with E-state index in [2.05, 4.69) is 10.6 Å². The van der Waals surface area contributed by atoms with Gasteiger partial charge in [-0.25, -0.2) is 14.0 Å². The lowest BCUT2D eigenvalue weighted by Gasteiger charge is -2.17. The summed E-state index contributed by atoms with van der Waals surface area (Å²) >= 11 is 1.24. The molecule has 142 valence electrons. The molecule has 26 heavy (non-hydrogen) atoms. The summed E-state index contributed by atoms with van der Waals surface area (Å²) in [6, 6.07) is 2.66. The minimum atomic E-state index is -1.25. The molecule has 0 aromatic heterocycles. The second-order valence-corrected chi connectivity index (χ2v) is 6.36. The van der Waals surface area contributed by atoms with Crippen LogP contribution in [0, 0.1) is 5.82 Å². The molecule has 0 fully saturated rings. The Morgan fingerprint density at radius 2 is 1.81 bits per heavy atom. The van der Waals surface area contributed by atoms with E-state index in [-0.39, 0.29) is 24.4 Å². The molecule has 1 aromatic carbocycles. The van der Waals surface area contributed by atoms with Crippen molar-refractivity contribution in [2.24, 2.45) is 0 Å². The van der Waals surface area contributed by atoms with Gasteiger partial charge in [-0.2, -0.15) is 11.8 Å². The molecule has 0 heterocycles. The molecule has 2 amide bonds. The molecule has 0 aliphatic carbocycles. The van der Waals surface area contributed by atoms with Crippen molar-refractivity contribution in [1.82, 2.24) is 10.6 Å². The van der Waals surface area contributed by atoms with Gasteiger partial charge in [-0.15, -0.1) is 0 Å². The third kappa shape index (κ3) is 8.47. The van der Waals surface area contributed by atoms with Gasteiger partial charge in [-0.05, 0) is 24.1 Å². The standard InChI is InChI=1S/C16H19FN2O6S/c17-11-3-1-10(2-4-11)8-26-9-13(15(23)24)19-16(25)18-12(7-20)5-6-14(21)22/h1-4,7,12-13H,5-6,8-9H2,(H,21,22)(H,23,24)(H2,18,19,25)/t12?,13-/m0/s1. The Hall–Kier alpha value is -2.62. The molecular weight excluding hydrogens is 367 g/mol. The average molecular weight is 386 g/mol. The third-order valence-electron chi connectivity index (χ3n) is 3.22. The first-order valence-electron chi connectivity index (χ1n) is 7.61. The highest BCUT2D eigenvalue weighted by atomic mass is 32.2. The Kier molecular flexibility index (Phi) is 9.13. The van der Waals surface area contributed by atoms with Gasteiger partial charge in [0.05, 0.1) is 6.04 Å². The average Bonchev–Trinajstić information content (AvgIpc) is 2.59. The maximum absolute atomic E-state index is 12.8. The molecule has 1 aromatic rings. The van der Waals surface area contributed by atoms with Crippen molar-refractivity contribution in [3.8, 4) is 0 Å². The van der Waals surface area contributed by atoms with Gasteiger partial charge in [-0.1, -0.05) is 12.1 Å². The molecule has 0 aliphatic rings. The fraction of sp³-hybridized carbons (Fsp3) is 0.375. The number of amides is 2. The van der Waals surface area contributed by atoms with Crippen molar-refractivity contribution in [2.45, 2.75) is 30.7 Å². The molecule has 10 heteroatoms. The molecule has 2 atom stereocenters. The third-order valence-corrected chi connectivity index (χ3v) is 4.33. The molecule has 0 aliphatic heterocycles. The van der Waals surface area contributed by atoms with Crippen LogP contribution in [0.2, 0.25) is 0 Å². The Bertz CT molecular complexity index is 640. The highest BCUT2D eigenvalue weighted by Gasteiger charge is 2.21. The minimum absolute atomic E-state index is 0.0566. The summed E-state index contributed by atoms with van der Waals surface area (Å²) in [6.45, 7) is 0. The van der Waals surface area contributed by atoms with Crippen LogP contribution >= 0.6 is 11.8 Å². The predicted molar refractivity (Wildman–Crippen MR) is 92.4 cm³/mol. The number of hydrogen-bond donors (Lipinski definition) is 4. The van der Waals surface area contributed by atoms with E-state index in [4.69, 9.17) is 5.11 Å². The maximum Gasteiger partial charge on any atom is 0.327 e. The van der Waals surface area contributed by atoms with Crippen molar-refractivity contribution in [3.63, 3.8) is 0 Å². The second-order valence-electron chi connectivity index (χ2n) is 5.33. The van der Waals surface area contributed by atoms with Gasteiger partial charge >= 0.3 is 18.0 Å². The topological polar surface area (TPSA) is 133 Å². The largest absolute Gasteiger partial charge is 0.481 e. The van der Waals surface area contributed by atoms with E-state index in [1.165, 1.54) is 23.9 Å². The predicted octanol–water partition coefficient (Wildman–Crippen LogP) is 1.24. The number of hydrogen-bond acceptors (Lipinski definition) is 5. The number of benzene rings is 1. The van der Waals surface area contributed by atoms with Gasteiger partial charge in [0.15, 0.2) is 0 Å². The van der Waals surface area contributed by atoms with Crippen LogP contribution in [-0.4, -0.2) is 52.3 Å². The molecular formula is C16H19FN2O6S. The summed E-state index contributed by atoms with van der Waals surface area (Å²) in [5, 5.41) is 22.2.